The molecular formula is C11H17N5O3. The van der Waals surface area contributed by atoms with Crippen molar-refractivity contribution in [3.05, 3.63) is 10.4 Å². The number of aliphatic hydroxyl groups excluding tert-OH is 2. The molecule has 19 heavy (non-hydrogen) atoms. The Morgan fingerprint density at radius 3 is 2.89 bits per heavy atom. The molecule has 0 saturated heterocycles. The van der Waals surface area contributed by atoms with Crippen LogP contribution in [0.15, 0.2) is 4.79 Å². The summed E-state index contributed by atoms with van der Waals surface area (Å²) in [7, 11) is 0. The molecule has 1 saturated carbocycles. The van der Waals surface area contributed by atoms with Gasteiger partial charge in [-0.3, -0.25) is 9.78 Å². The second-order valence-electron chi connectivity index (χ2n) is 5.05. The Hall–Kier alpha value is -1.80. The molecule has 1 aliphatic heterocycles. The molecule has 8 nitrogen and oxygen atoms in total. The molecule has 0 unspecified atom stereocenters. The van der Waals surface area contributed by atoms with E-state index >= 15 is 0 Å². The number of fused-ring (bicyclic) bond motifs is 1. The molecule has 1 aromatic rings. The van der Waals surface area contributed by atoms with Crippen molar-refractivity contribution in [2.24, 2.45) is 11.8 Å². The molecule has 1 aliphatic carbocycles. The van der Waals surface area contributed by atoms with Crippen LogP contribution in [0.5, 0.6) is 0 Å². The summed E-state index contributed by atoms with van der Waals surface area (Å²) in [5.74, 6) is 0.718. The predicted octanol–water partition coefficient (Wildman–Crippen LogP) is -1.47. The van der Waals surface area contributed by atoms with Crippen molar-refractivity contribution in [3.8, 4) is 0 Å². The quantitative estimate of drug-likeness (QED) is 0.452. The number of anilines is 3. The summed E-state index contributed by atoms with van der Waals surface area (Å²) in [6.07, 6.45) is 0.775. The van der Waals surface area contributed by atoms with Crippen LogP contribution in [0.4, 0.5) is 17.5 Å². The van der Waals surface area contributed by atoms with E-state index in [0.717, 1.165) is 6.42 Å². The normalized spacial score (nSPS) is 28.7. The van der Waals surface area contributed by atoms with Crippen LogP contribution in [0, 0.1) is 11.8 Å². The molecule has 8 heteroatoms. The minimum atomic E-state index is -0.288. The summed E-state index contributed by atoms with van der Waals surface area (Å²) in [6, 6.07) is 0.0737. The maximum absolute atomic E-state index is 11.7. The molecule has 0 radical (unpaired) electrons. The van der Waals surface area contributed by atoms with Crippen LogP contribution in [0.25, 0.3) is 0 Å². The van der Waals surface area contributed by atoms with Gasteiger partial charge in [0.2, 0.25) is 5.95 Å². The number of nitrogens with two attached hydrogens (primary N) is 1. The molecule has 1 aromatic heterocycles. The van der Waals surface area contributed by atoms with Crippen LogP contribution in [-0.4, -0.2) is 46.1 Å². The molecule has 0 amide bonds. The zero-order valence-corrected chi connectivity index (χ0v) is 10.3. The van der Waals surface area contributed by atoms with E-state index < -0.39 is 0 Å². The third kappa shape index (κ3) is 1.75. The van der Waals surface area contributed by atoms with Gasteiger partial charge < -0.3 is 26.2 Å². The molecule has 0 aromatic carbocycles. The molecule has 104 valence electrons. The summed E-state index contributed by atoms with van der Waals surface area (Å²) in [4.78, 5) is 20.3. The zero-order chi connectivity index (χ0) is 13.6. The highest BCUT2D eigenvalue weighted by atomic mass is 16.3. The fraction of sp³-hybridized carbons (Fsp3) is 0.636. The number of nitrogens with one attached hydrogen (secondary N) is 2. The van der Waals surface area contributed by atoms with Crippen molar-refractivity contribution in [3.63, 3.8) is 0 Å². The van der Waals surface area contributed by atoms with E-state index in [1.54, 1.807) is 0 Å². The smallest absolute Gasteiger partial charge is 0.277 e. The van der Waals surface area contributed by atoms with Gasteiger partial charge in [-0.15, -0.1) is 0 Å². The van der Waals surface area contributed by atoms with Crippen LogP contribution < -0.4 is 21.5 Å². The minimum Gasteiger partial charge on any atom is -0.396 e. The lowest BCUT2D eigenvalue weighted by Gasteiger charge is -2.47. The average Bonchev–Trinajstić information content (AvgIpc) is 2.73. The van der Waals surface area contributed by atoms with Gasteiger partial charge in [-0.2, -0.15) is 4.98 Å². The van der Waals surface area contributed by atoms with E-state index in [4.69, 9.17) is 5.73 Å². The Morgan fingerprint density at radius 2 is 2.21 bits per heavy atom. The van der Waals surface area contributed by atoms with E-state index in [1.807, 2.05) is 4.90 Å². The average molecular weight is 267 g/mol. The maximum atomic E-state index is 11.7. The first-order valence-corrected chi connectivity index (χ1v) is 6.27. The van der Waals surface area contributed by atoms with E-state index in [-0.39, 0.29) is 42.6 Å². The number of aromatic amines is 1. The second-order valence-corrected chi connectivity index (χ2v) is 5.05. The highest BCUT2D eigenvalue weighted by Gasteiger charge is 2.45. The van der Waals surface area contributed by atoms with Crippen molar-refractivity contribution in [2.45, 2.75) is 12.5 Å². The van der Waals surface area contributed by atoms with Gasteiger partial charge in [-0.1, -0.05) is 0 Å². The van der Waals surface area contributed by atoms with Gasteiger partial charge in [-0.25, -0.2) is 0 Å². The third-order valence-electron chi connectivity index (χ3n) is 4.11. The summed E-state index contributed by atoms with van der Waals surface area (Å²) < 4.78 is 0. The molecule has 0 spiro atoms. The fourth-order valence-corrected chi connectivity index (χ4v) is 2.98. The molecule has 3 rings (SSSR count). The van der Waals surface area contributed by atoms with E-state index in [1.165, 1.54) is 0 Å². The lowest BCUT2D eigenvalue weighted by molar-refractivity contribution is 0.0223. The largest absolute Gasteiger partial charge is 0.396 e. The molecule has 6 N–H and O–H groups in total. The monoisotopic (exact) mass is 267 g/mol. The first-order chi connectivity index (χ1) is 9.15. The second kappa shape index (κ2) is 4.39. The molecular weight excluding hydrogens is 250 g/mol. The SMILES string of the molecule is Nc1nc2c(c(=O)[nH]1)NCN2[C@@H]1C[C@@H](CO)[C@H]1CO. The Labute approximate surface area is 109 Å². The molecule has 0 bridgehead atoms. The van der Waals surface area contributed by atoms with Crippen molar-refractivity contribution in [1.82, 2.24) is 9.97 Å². The van der Waals surface area contributed by atoms with Gasteiger partial charge in [0, 0.05) is 25.2 Å². The maximum Gasteiger partial charge on any atom is 0.277 e. The Morgan fingerprint density at radius 1 is 1.42 bits per heavy atom. The van der Waals surface area contributed by atoms with Crippen LogP contribution in [0.2, 0.25) is 0 Å². The Balaban J connectivity index is 1.89. The van der Waals surface area contributed by atoms with Crippen molar-refractivity contribution in [2.75, 3.05) is 35.8 Å². The highest BCUT2D eigenvalue weighted by Crippen LogP contribution is 2.42. The fourth-order valence-electron chi connectivity index (χ4n) is 2.98. The van der Waals surface area contributed by atoms with Crippen LogP contribution in [-0.2, 0) is 0 Å². The van der Waals surface area contributed by atoms with Crippen molar-refractivity contribution < 1.29 is 10.2 Å². The number of H-pyrrole nitrogens is 1. The van der Waals surface area contributed by atoms with Gasteiger partial charge in [0.05, 0.1) is 6.67 Å². The third-order valence-corrected chi connectivity index (χ3v) is 4.11. The Bertz CT molecular complexity index is 546. The van der Waals surface area contributed by atoms with Crippen molar-refractivity contribution >= 4 is 17.5 Å². The molecule has 2 aliphatic rings. The van der Waals surface area contributed by atoms with Crippen LogP contribution in [0.1, 0.15) is 6.42 Å². The predicted molar refractivity (Wildman–Crippen MR) is 69.8 cm³/mol. The number of nitrogens with zero attached hydrogens (tertiary/aromatic N) is 2. The number of aromatic nitrogens is 2. The standard InChI is InChI=1S/C11H17N5O3/c12-11-14-9-8(10(19)15-11)13-4-16(9)7-1-5(2-17)6(7)3-18/h5-7,13,17-18H,1-4H2,(H3,12,14,15,19)/t5-,6+,7+/m0/s1. The van der Waals surface area contributed by atoms with Gasteiger partial charge in [0.25, 0.3) is 5.56 Å². The summed E-state index contributed by atoms with van der Waals surface area (Å²) >= 11 is 0. The van der Waals surface area contributed by atoms with Gasteiger partial charge in [-0.05, 0) is 12.3 Å². The number of hydrogen-bond donors (Lipinski definition) is 5. The topological polar surface area (TPSA) is 128 Å². The van der Waals surface area contributed by atoms with Gasteiger partial charge in [0.15, 0.2) is 5.82 Å². The Kier molecular flexibility index (Phi) is 2.83. The molecule has 3 atom stereocenters. The van der Waals surface area contributed by atoms with Crippen LogP contribution in [0.3, 0.4) is 0 Å². The van der Waals surface area contributed by atoms with Crippen LogP contribution >= 0.6 is 0 Å². The lowest BCUT2D eigenvalue weighted by Crippen LogP contribution is -2.55. The number of aliphatic hydroxyl groups is 2. The molecule has 1 fully saturated rings. The first-order valence-electron chi connectivity index (χ1n) is 6.27. The zero-order valence-electron chi connectivity index (χ0n) is 10.3. The van der Waals surface area contributed by atoms with E-state index in [9.17, 15) is 15.0 Å². The van der Waals surface area contributed by atoms with Gasteiger partial charge in [0.1, 0.15) is 5.69 Å². The number of nitrogen functional groups attached to an aromatic ring is 1. The van der Waals surface area contributed by atoms with Crippen molar-refractivity contribution in [1.29, 1.82) is 0 Å². The summed E-state index contributed by atoms with van der Waals surface area (Å²) in [6.45, 7) is 0.551. The number of rotatable bonds is 3. The number of hydrogen-bond acceptors (Lipinski definition) is 7. The lowest BCUT2D eigenvalue weighted by atomic mass is 9.69. The minimum absolute atomic E-state index is 0.0000576. The first kappa shape index (κ1) is 12.2. The highest BCUT2D eigenvalue weighted by molar-refractivity contribution is 5.71. The van der Waals surface area contributed by atoms with E-state index in [0.29, 0.717) is 18.2 Å². The van der Waals surface area contributed by atoms with E-state index in [2.05, 4.69) is 15.3 Å². The summed E-state index contributed by atoms with van der Waals surface area (Å²) in [5, 5.41) is 21.6. The van der Waals surface area contributed by atoms with Gasteiger partial charge >= 0.3 is 0 Å². The summed E-state index contributed by atoms with van der Waals surface area (Å²) in [5.41, 5.74) is 5.69. The molecule has 2 heterocycles.